The van der Waals surface area contributed by atoms with E-state index in [4.69, 9.17) is 18.5 Å². The summed E-state index contributed by atoms with van der Waals surface area (Å²) in [5.41, 5.74) is 0. The number of nitrogens with zero attached hydrogens (tertiary/aromatic N) is 1. The third kappa shape index (κ3) is 83.1. The molecular formula is C90H159NO8P+. The van der Waals surface area contributed by atoms with Gasteiger partial charge in [0, 0.05) is 12.8 Å². The van der Waals surface area contributed by atoms with Crippen molar-refractivity contribution in [1.29, 1.82) is 0 Å². The SMILES string of the molecule is CC/C=C\C/C=C\C/C=C\C/C=C\C/C=C\C/C=C\C/C=C\C/C=C\C/C=C\C/C=C\C/C=C\CCCCCC(=O)OC(COC(=O)CCCCCCCCCCCCCCCCCCCCCCCCCCCCCCCCCCCCCCCCC)COP(=O)(O)OCC[N+](C)(C)C. The fraction of sp³-hybridized carbons (Fsp3) is 0.733. The van der Waals surface area contributed by atoms with Crippen molar-refractivity contribution in [3.05, 3.63) is 134 Å². The lowest BCUT2D eigenvalue weighted by Crippen LogP contribution is -2.37. The van der Waals surface area contributed by atoms with Crippen LogP contribution in [0.5, 0.6) is 0 Å². The van der Waals surface area contributed by atoms with E-state index >= 15 is 0 Å². The second kappa shape index (κ2) is 79.3. The minimum Gasteiger partial charge on any atom is -0.462 e. The van der Waals surface area contributed by atoms with Crippen molar-refractivity contribution >= 4 is 19.8 Å². The molecule has 10 heteroatoms. The van der Waals surface area contributed by atoms with Crippen LogP contribution in [0.2, 0.25) is 0 Å². The molecule has 0 radical (unpaired) electrons. The Labute approximate surface area is 619 Å². The van der Waals surface area contributed by atoms with Gasteiger partial charge in [-0.05, 0) is 96.3 Å². The summed E-state index contributed by atoms with van der Waals surface area (Å²) in [6.45, 7) is 4.32. The second-order valence-electron chi connectivity index (χ2n) is 29.1. The minimum absolute atomic E-state index is 0.0197. The monoisotopic (exact) mass is 1410 g/mol. The molecule has 0 aromatic heterocycles. The van der Waals surface area contributed by atoms with Crippen molar-refractivity contribution in [2.45, 2.75) is 380 Å². The summed E-state index contributed by atoms with van der Waals surface area (Å²) < 4.78 is 34.8. The molecule has 0 aromatic carbocycles. The van der Waals surface area contributed by atoms with Crippen molar-refractivity contribution in [3.63, 3.8) is 0 Å². The molecule has 0 aromatic rings. The fourth-order valence-electron chi connectivity index (χ4n) is 11.8. The highest BCUT2D eigenvalue weighted by molar-refractivity contribution is 7.47. The quantitative estimate of drug-likeness (QED) is 0.0211. The van der Waals surface area contributed by atoms with Crippen molar-refractivity contribution in [3.8, 4) is 0 Å². The van der Waals surface area contributed by atoms with Gasteiger partial charge in [-0.25, -0.2) is 4.57 Å². The molecule has 0 fully saturated rings. The first-order chi connectivity index (χ1) is 49.0. The van der Waals surface area contributed by atoms with Crippen LogP contribution in [0.25, 0.3) is 0 Å². The Hall–Kier alpha value is -3.85. The number of phosphoric acid groups is 1. The predicted molar refractivity (Wildman–Crippen MR) is 436 cm³/mol. The maximum Gasteiger partial charge on any atom is 0.472 e. The van der Waals surface area contributed by atoms with Gasteiger partial charge in [0.2, 0.25) is 0 Å². The van der Waals surface area contributed by atoms with Gasteiger partial charge in [-0.2, -0.15) is 0 Å². The number of likely N-dealkylation sites (N-methyl/N-ethyl adjacent to an activating group) is 1. The van der Waals surface area contributed by atoms with E-state index < -0.39 is 26.5 Å². The number of carbonyl (C=O) groups is 2. The first-order valence-corrected chi connectivity index (χ1v) is 43.4. The minimum atomic E-state index is -4.41. The smallest absolute Gasteiger partial charge is 0.462 e. The Bertz CT molecular complexity index is 2160. The Balaban J connectivity index is 4.02. The lowest BCUT2D eigenvalue weighted by Gasteiger charge is -2.24. The van der Waals surface area contributed by atoms with Gasteiger partial charge in [-0.3, -0.25) is 18.6 Å². The Morgan fingerprint density at radius 2 is 0.570 bits per heavy atom. The van der Waals surface area contributed by atoms with Gasteiger partial charge < -0.3 is 18.9 Å². The van der Waals surface area contributed by atoms with Gasteiger partial charge in [0.1, 0.15) is 19.8 Å². The van der Waals surface area contributed by atoms with Gasteiger partial charge in [0.15, 0.2) is 6.10 Å². The number of quaternary nitrogens is 1. The lowest BCUT2D eigenvalue weighted by atomic mass is 10.0. The highest BCUT2D eigenvalue weighted by Gasteiger charge is 2.27. The fourth-order valence-corrected chi connectivity index (χ4v) is 12.6. The molecule has 0 aliphatic carbocycles. The summed E-state index contributed by atoms with van der Waals surface area (Å²) in [4.78, 5) is 36.0. The molecular weight excluding hydrogens is 1250 g/mol. The molecule has 1 N–H and O–H groups in total. The molecule has 100 heavy (non-hydrogen) atoms. The third-order valence-electron chi connectivity index (χ3n) is 18.2. The van der Waals surface area contributed by atoms with Crippen molar-refractivity contribution < 1.29 is 42.1 Å². The van der Waals surface area contributed by atoms with E-state index in [-0.39, 0.29) is 32.0 Å². The summed E-state index contributed by atoms with van der Waals surface area (Å²) in [5.74, 6) is -0.830. The normalized spacial score (nSPS) is 13.7. The Kier molecular flexibility index (Phi) is 76.2. The first-order valence-electron chi connectivity index (χ1n) is 41.9. The first kappa shape index (κ1) is 96.2. The van der Waals surface area contributed by atoms with Crippen LogP contribution in [-0.2, 0) is 32.7 Å². The zero-order valence-electron chi connectivity index (χ0n) is 65.9. The average Bonchev–Trinajstić information content (AvgIpc) is 1.02. The van der Waals surface area contributed by atoms with Crippen LogP contribution in [0.1, 0.15) is 373 Å². The molecule has 9 nitrogen and oxygen atoms in total. The number of phosphoric ester groups is 1. The molecule has 2 atom stereocenters. The van der Waals surface area contributed by atoms with Crippen molar-refractivity contribution in [2.75, 3.05) is 47.5 Å². The summed E-state index contributed by atoms with van der Waals surface area (Å²) >= 11 is 0. The van der Waals surface area contributed by atoms with Crippen LogP contribution in [0, 0.1) is 0 Å². The number of rotatable bonds is 77. The molecule has 2 unspecified atom stereocenters. The standard InChI is InChI=1S/C90H158NO8P/c1-6-8-10-12-14-16-18-20-22-24-26-28-30-32-34-36-38-40-42-44-45-47-48-50-52-54-56-58-60-62-64-66-68-70-72-74-76-78-80-82-89(92)96-86-88(87-98-100(94,95)97-85-84-91(3,4)5)99-90(93)83-81-79-77-75-73-71-69-67-65-63-61-59-57-55-53-51-49-46-43-41-39-37-35-33-31-29-27-25-23-21-19-17-15-13-11-9-7-2/h9,11,15,17,21,23,27,29,33,35,39,41,46,49,53,55,59,61,65,67,71,73,88H,6-8,10,12-14,16,18-20,22,24-26,28,30-32,34,36-38,40,42-45,47-48,50-52,54,56-58,60,62-64,66,68-70,72,74-87H2,1-5H3/p+1/b11-9-,17-15-,23-21-,29-27-,35-33-,41-39-,49-46-,55-53-,61-59-,67-65-,73-71-. The molecule has 0 saturated carbocycles. The molecule has 0 bridgehead atoms. The van der Waals surface area contributed by atoms with Crippen molar-refractivity contribution in [2.24, 2.45) is 0 Å². The summed E-state index contributed by atoms with van der Waals surface area (Å²) in [7, 11) is 1.45. The molecule has 0 spiro atoms. The maximum atomic E-state index is 12.9. The van der Waals surface area contributed by atoms with Gasteiger partial charge >= 0.3 is 19.8 Å². The number of hydrogen-bond donors (Lipinski definition) is 1. The number of hydrogen-bond acceptors (Lipinski definition) is 7. The molecule has 0 aliphatic rings. The van der Waals surface area contributed by atoms with Crippen LogP contribution in [0.15, 0.2) is 134 Å². The van der Waals surface area contributed by atoms with E-state index in [1.54, 1.807) is 0 Å². The summed E-state index contributed by atoms with van der Waals surface area (Å²) in [5, 5.41) is 0. The average molecular weight is 1410 g/mol. The van der Waals surface area contributed by atoms with E-state index in [0.29, 0.717) is 17.4 Å². The third-order valence-corrected chi connectivity index (χ3v) is 19.2. The molecule has 0 saturated heterocycles. The number of ether oxygens (including phenoxy) is 2. The van der Waals surface area contributed by atoms with Crippen LogP contribution in [-0.4, -0.2) is 74.9 Å². The van der Waals surface area contributed by atoms with E-state index in [1.807, 2.05) is 21.1 Å². The van der Waals surface area contributed by atoms with Crippen LogP contribution < -0.4 is 0 Å². The molecule has 0 aliphatic heterocycles. The second-order valence-corrected chi connectivity index (χ2v) is 30.6. The van der Waals surface area contributed by atoms with Crippen LogP contribution >= 0.6 is 7.82 Å². The molecule has 576 valence electrons. The highest BCUT2D eigenvalue weighted by Crippen LogP contribution is 2.43. The van der Waals surface area contributed by atoms with Gasteiger partial charge in [0.25, 0.3) is 0 Å². The predicted octanol–water partition coefficient (Wildman–Crippen LogP) is 28.3. The highest BCUT2D eigenvalue weighted by atomic mass is 31.2. The van der Waals surface area contributed by atoms with Crippen molar-refractivity contribution in [1.82, 2.24) is 0 Å². The van der Waals surface area contributed by atoms with E-state index in [2.05, 4.69) is 148 Å². The van der Waals surface area contributed by atoms with Gasteiger partial charge in [-0.1, -0.05) is 398 Å². The summed E-state index contributed by atoms with van der Waals surface area (Å²) in [6.07, 6.45) is 116. The van der Waals surface area contributed by atoms with Crippen LogP contribution in [0.4, 0.5) is 0 Å². The summed E-state index contributed by atoms with van der Waals surface area (Å²) in [6, 6.07) is 0. The number of unbranched alkanes of at least 4 members (excludes halogenated alkanes) is 41. The molecule has 0 rings (SSSR count). The number of carbonyl (C=O) groups excluding carboxylic acids is 2. The zero-order valence-corrected chi connectivity index (χ0v) is 66.8. The molecule has 0 heterocycles. The Morgan fingerprint density at radius 3 is 0.850 bits per heavy atom. The largest absolute Gasteiger partial charge is 0.472 e. The van der Waals surface area contributed by atoms with Gasteiger partial charge in [-0.15, -0.1) is 0 Å². The zero-order chi connectivity index (χ0) is 72.5. The lowest BCUT2D eigenvalue weighted by molar-refractivity contribution is -0.870. The van der Waals surface area contributed by atoms with E-state index in [0.717, 1.165) is 109 Å². The number of esters is 2. The molecule has 0 amide bonds. The van der Waals surface area contributed by atoms with E-state index in [1.165, 1.54) is 231 Å². The van der Waals surface area contributed by atoms with Crippen LogP contribution in [0.3, 0.4) is 0 Å². The number of allylic oxidation sites excluding steroid dienone is 22. The van der Waals surface area contributed by atoms with E-state index in [9.17, 15) is 19.0 Å². The Morgan fingerprint density at radius 1 is 0.320 bits per heavy atom. The van der Waals surface area contributed by atoms with Gasteiger partial charge in [0.05, 0.1) is 27.7 Å². The topological polar surface area (TPSA) is 108 Å². The maximum absolute atomic E-state index is 12.9.